The fourth-order valence-electron chi connectivity index (χ4n) is 3.86. The third-order valence-corrected chi connectivity index (χ3v) is 5.42. The molecule has 0 aromatic heterocycles. The van der Waals surface area contributed by atoms with E-state index >= 15 is 0 Å². The summed E-state index contributed by atoms with van der Waals surface area (Å²) in [6, 6.07) is 9.62. The fourth-order valence-corrected chi connectivity index (χ4v) is 3.86. The Kier molecular flexibility index (Phi) is 6.14. The van der Waals surface area contributed by atoms with Gasteiger partial charge in [0.05, 0.1) is 18.6 Å². The molecule has 6 heteroatoms. The predicted molar refractivity (Wildman–Crippen MR) is 97.9 cm³/mol. The van der Waals surface area contributed by atoms with Gasteiger partial charge in [-0.2, -0.15) is 0 Å². The second-order valence-corrected chi connectivity index (χ2v) is 7.15. The largest absolute Gasteiger partial charge is 0.494 e. The molecule has 142 valence electrons. The Morgan fingerprint density at radius 3 is 2.69 bits per heavy atom. The van der Waals surface area contributed by atoms with Crippen LogP contribution in [0.3, 0.4) is 0 Å². The number of hydrogen-bond acceptors (Lipinski definition) is 4. The van der Waals surface area contributed by atoms with Crippen LogP contribution in [-0.2, 0) is 14.3 Å². The van der Waals surface area contributed by atoms with Gasteiger partial charge < -0.3 is 19.3 Å². The van der Waals surface area contributed by atoms with E-state index in [-0.39, 0.29) is 17.2 Å². The van der Waals surface area contributed by atoms with Gasteiger partial charge in [-0.05, 0) is 31.4 Å². The first-order valence-electron chi connectivity index (χ1n) is 9.38. The average molecular weight is 360 g/mol. The van der Waals surface area contributed by atoms with Crippen molar-refractivity contribution in [2.24, 2.45) is 5.41 Å². The number of amides is 2. The first-order valence-corrected chi connectivity index (χ1v) is 9.38. The van der Waals surface area contributed by atoms with Crippen LogP contribution in [0.4, 0.5) is 0 Å². The maximum Gasteiger partial charge on any atom is 0.230 e. The molecule has 1 aromatic carbocycles. The second kappa shape index (κ2) is 8.54. The molecule has 2 saturated heterocycles. The summed E-state index contributed by atoms with van der Waals surface area (Å²) in [4.78, 5) is 29.0. The zero-order chi connectivity index (χ0) is 18.4. The molecule has 1 unspecified atom stereocenters. The molecule has 0 radical (unpaired) electrons. The van der Waals surface area contributed by atoms with Gasteiger partial charge in [0.2, 0.25) is 11.8 Å². The summed E-state index contributed by atoms with van der Waals surface area (Å²) < 4.78 is 10.7. The van der Waals surface area contributed by atoms with E-state index in [0.29, 0.717) is 45.7 Å². The number of para-hydroxylation sites is 1. The maximum atomic E-state index is 12.7. The smallest absolute Gasteiger partial charge is 0.230 e. The van der Waals surface area contributed by atoms with Crippen LogP contribution in [0, 0.1) is 5.41 Å². The van der Waals surface area contributed by atoms with Gasteiger partial charge in [0.25, 0.3) is 0 Å². The summed E-state index contributed by atoms with van der Waals surface area (Å²) in [6.07, 6.45) is 2.77. The lowest BCUT2D eigenvalue weighted by Crippen LogP contribution is -2.39. The van der Waals surface area contributed by atoms with Gasteiger partial charge in [0.15, 0.2) is 0 Å². The molecule has 1 spiro atoms. The van der Waals surface area contributed by atoms with Crippen LogP contribution >= 0.6 is 0 Å². The Morgan fingerprint density at radius 2 is 1.92 bits per heavy atom. The Hall–Kier alpha value is -2.08. The van der Waals surface area contributed by atoms with Crippen LogP contribution in [0.5, 0.6) is 5.75 Å². The first-order chi connectivity index (χ1) is 12.6. The van der Waals surface area contributed by atoms with Crippen LogP contribution in [0.15, 0.2) is 30.3 Å². The van der Waals surface area contributed by atoms with Crippen molar-refractivity contribution in [1.29, 1.82) is 0 Å². The van der Waals surface area contributed by atoms with E-state index in [1.165, 1.54) is 0 Å². The van der Waals surface area contributed by atoms with Crippen molar-refractivity contribution in [2.45, 2.75) is 25.7 Å². The van der Waals surface area contributed by atoms with E-state index in [9.17, 15) is 9.59 Å². The first kappa shape index (κ1) is 18.7. The molecule has 2 heterocycles. The second-order valence-electron chi connectivity index (χ2n) is 7.15. The van der Waals surface area contributed by atoms with E-state index in [2.05, 4.69) is 0 Å². The van der Waals surface area contributed by atoms with Gasteiger partial charge in [-0.25, -0.2) is 0 Å². The molecule has 1 atom stereocenters. The van der Waals surface area contributed by atoms with E-state index in [0.717, 1.165) is 25.1 Å². The molecule has 3 rings (SSSR count). The number of benzene rings is 1. The molecule has 0 N–H and O–H groups in total. The van der Waals surface area contributed by atoms with Crippen molar-refractivity contribution >= 4 is 11.8 Å². The van der Waals surface area contributed by atoms with Crippen LogP contribution in [-0.4, -0.2) is 68.1 Å². The standard InChI is InChI=1S/C20H28N2O4/c1-25-15-13-21-11-9-20(19(21)24)10-12-22(16-20)18(23)8-5-14-26-17-6-3-2-4-7-17/h2-4,6-7H,5,8-16H2,1H3. The number of ether oxygens (including phenoxy) is 2. The molecule has 2 aliphatic rings. The highest BCUT2D eigenvalue weighted by Gasteiger charge is 2.51. The van der Waals surface area contributed by atoms with Gasteiger partial charge in [0, 0.05) is 39.7 Å². The Bertz CT molecular complexity index is 621. The molecule has 2 amide bonds. The Labute approximate surface area is 155 Å². The lowest BCUT2D eigenvalue weighted by atomic mass is 9.85. The third-order valence-electron chi connectivity index (χ3n) is 5.42. The van der Waals surface area contributed by atoms with Crippen LogP contribution in [0.2, 0.25) is 0 Å². The van der Waals surface area contributed by atoms with E-state index in [4.69, 9.17) is 9.47 Å². The molecule has 1 aromatic rings. The Balaban J connectivity index is 1.42. The highest BCUT2D eigenvalue weighted by molar-refractivity contribution is 5.87. The van der Waals surface area contributed by atoms with Crippen molar-refractivity contribution in [3.05, 3.63) is 30.3 Å². The van der Waals surface area contributed by atoms with Gasteiger partial charge >= 0.3 is 0 Å². The number of hydrogen-bond donors (Lipinski definition) is 0. The summed E-state index contributed by atoms with van der Waals surface area (Å²) in [5.41, 5.74) is -0.357. The number of nitrogens with zero attached hydrogens (tertiary/aromatic N) is 2. The molecule has 26 heavy (non-hydrogen) atoms. The number of carbonyl (C=O) groups is 2. The van der Waals surface area contributed by atoms with Gasteiger partial charge in [-0.3, -0.25) is 9.59 Å². The van der Waals surface area contributed by atoms with Crippen molar-refractivity contribution in [3.63, 3.8) is 0 Å². The molecular formula is C20H28N2O4. The summed E-state index contributed by atoms with van der Waals surface area (Å²) in [5, 5.41) is 0. The minimum atomic E-state index is -0.357. The molecule has 0 aliphatic carbocycles. The van der Waals surface area contributed by atoms with Crippen molar-refractivity contribution in [3.8, 4) is 5.75 Å². The quantitative estimate of drug-likeness (QED) is 0.665. The lowest BCUT2D eigenvalue weighted by Gasteiger charge is -2.23. The van der Waals surface area contributed by atoms with Crippen LogP contribution < -0.4 is 4.74 Å². The van der Waals surface area contributed by atoms with Crippen LogP contribution in [0.1, 0.15) is 25.7 Å². The highest BCUT2D eigenvalue weighted by Crippen LogP contribution is 2.40. The molecule has 2 fully saturated rings. The normalized spacial score (nSPS) is 22.4. The molecule has 0 saturated carbocycles. The lowest BCUT2D eigenvalue weighted by molar-refractivity contribution is -0.137. The number of methoxy groups -OCH3 is 1. The van der Waals surface area contributed by atoms with Crippen molar-refractivity contribution in [1.82, 2.24) is 9.80 Å². The van der Waals surface area contributed by atoms with Gasteiger partial charge in [-0.15, -0.1) is 0 Å². The topological polar surface area (TPSA) is 59.1 Å². The summed E-state index contributed by atoms with van der Waals surface area (Å²) in [6.45, 7) is 3.75. The Morgan fingerprint density at radius 1 is 1.15 bits per heavy atom. The predicted octanol–water partition coefficient (Wildman–Crippen LogP) is 1.94. The maximum absolute atomic E-state index is 12.7. The van der Waals surface area contributed by atoms with E-state index in [1.54, 1.807) is 7.11 Å². The molecule has 2 aliphatic heterocycles. The zero-order valence-electron chi connectivity index (χ0n) is 15.5. The SMILES string of the molecule is COCCN1CCC2(CCN(C(=O)CCCOc3ccccc3)C2)C1=O. The molecule has 0 bridgehead atoms. The van der Waals surface area contributed by atoms with E-state index in [1.807, 2.05) is 40.1 Å². The number of rotatable bonds is 8. The van der Waals surface area contributed by atoms with E-state index < -0.39 is 0 Å². The summed E-state index contributed by atoms with van der Waals surface area (Å²) in [5.74, 6) is 1.15. The minimum Gasteiger partial charge on any atom is -0.494 e. The number of carbonyl (C=O) groups excluding carboxylic acids is 2. The molecule has 6 nitrogen and oxygen atoms in total. The zero-order valence-corrected chi connectivity index (χ0v) is 15.5. The van der Waals surface area contributed by atoms with Gasteiger partial charge in [-0.1, -0.05) is 18.2 Å². The summed E-state index contributed by atoms with van der Waals surface area (Å²) >= 11 is 0. The monoisotopic (exact) mass is 360 g/mol. The highest BCUT2D eigenvalue weighted by atomic mass is 16.5. The summed E-state index contributed by atoms with van der Waals surface area (Å²) in [7, 11) is 1.65. The van der Waals surface area contributed by atoms with Gasteiger partial charge in [0.1, 0.15) is 5.75 Å². The van der Waals surface area contributed by atoms with Crippen molar-refractivity contribution < 1.29 is 19.1 Å². The fraction of sp³-hybridized carbons (Fsp3) is 0.600. The minimum absolute atomic E-state index is 0.127. The third kappa shape index (κ3) is 4.18. The molecular weight excluding hydrogens is 332 g/mol. The van der Waals surface area contributed by atoms with Crippen LogP contribution in [0.25, 0.3) is 0 Å². The average Bonchev–Trinajstić information content (AvgIpc) is 3.23. The number of likely N-dealkylation sites (tertiary alicyclic amines) is 2. The van der Waals surface area contributed by atoms with Crippen molar-refractivity contribution in [2.75, 3.05) is 46.5 Å².